The number of carbonyl (C=O) groups excluding carboxylic acids is 1. The zero-order chi connectivity index (χ0) is 22.9. The minimum Gasteiger partial charge on any atom is -0.346 e. The Bertz CT molecular complexity index is 1210. The molecule has 170 valence electrons. The Morgan fingerprint density at radius 3 is 2.61 bits per heavy atom. The van der Waals surface area contributed by atoms with Crippen LogP contribution in [0.3, 0.4) is 0 Å². The largest absolute Gasteiger partial charge is 0.346 e. The predicted octanol–water partition coefficient (Wildman–Crippen LogP) is 4.90. The predicted molar refractivity (Wildman–Crippen MR) is 116 cm³/mol. The van der Waals surface area contributed by atoms with Crippen LogP contribution in [-0.2, 0) is 16.2 Å². The van der Waals surface area contributed by atoms with Crippen LogP contribution >= 0.6 is 0 Å². The van der Waals surface area contributed by atoms with Crippen LogP contribution in [0.25, 0.3) is 11.0 Å². The third kappa shape index (κ3) is 4.33. The van der Waals surface area contributed by atoms with E-state index in [9.17, 15) is 13.6 Å². The van der Waals surface area contributed by atoms with Crippen molar-refractivity contribution in [3.63, 3.8) is 0 Å². The molecule has 33 heavy (non-hydrogen) atoms. The zero-order valence-corrected chi connectivity index (χ0v) is 18.1. The van der Waals surface area contributed by atoms with E-state index in [2.05, 4.69) is 15.6 Å². The van der Waals surface area contributed by atoms with E-state index < -0.39 is 17.7 Å². The topological polar surface area (TPSA) is 71.2 Å². The first-order valence-electron chi connectivity index (χ1n) is 11.3. The molecule has 1 saturated heterocycles. The van der Waals surface area contributed by atoms with Crippen LogP contribution in [0, 0.1) is 34.8 Å². The number of benzene rings is 1. The average molecular weight is 450 g/mol. The second-order valence-electron chi connectivity index (χ2n) is 8.93. The average Bonchev–Trinajstić information content (AvgIpc) is 3.46. The van der Waals surface area contributed by atoms with E-state index in [1.54, 1.807) is 6.20 Å². The monoisotopic (exact) mass is 450 g/mol. The molecule has 5 rings (SSSR count). The van der Waals surface area contributed by atoms with E-state index in [4.69, 9.17) is 10.1 Å². The number of rotatable bonds is 4. The first-order valence-corrected chi connectivity index (χ1v) is 11.3. The Labute approximate surface area is 190 Å². The molecule has 0 unspecified atom stereocenters. The second kappa shape index (κ2) is 8.91. The van der Waals surface area contributed by atoms with Gasteiger partial charge in [-0.1, -0.05) is 0 Å². The highest BCUT2D eigenvalue weighted by Gasteiger charge is 2.37. The number of amides is 1. The van der Waals surface area contributed by atoms with Crippen LogP contribution in [-0.4, -0.2) is 27.1 Å². The van der Waals surface area contributed by atoms with Crippen LogP contribution in [0.4, 0.5) is 8.78 Å². The maximum absolute atomic E-state index is 13.7. The fourth-order valence-electron chi connectivity index (χ4n) is 5.09. The molecule has 3 heterocycles. The van der Waals surface area contributed by atoms with Gasteiger partial charge in [0.2, 0.25) is 5.91 Å². The quantitative estimate of drug-likeness (QED) is 0.567. The van der Waals surface area contributed by atoms with Crippen LogP contribution in [0.15, 0.2) is 42.7 Å². The van der Waals surface area contributed by atoms with Gasteiger partial charge in [-0.3, -0.25) is 14.6 Å². The fraction of sp³-hybridized carbons (Fsp3) is 0.400. The normalized spacial score (nSPS) is 23.1. The van der Waals surface area contributed by atoms with Crippen molar-refractivity contribution in [1.82, 2.24) is 14.6 Å². The number of hydrogen-bond acceptors (Lipinski definition) is 4. The van der Waals surface area contributed by atoms with Crippen molar-refractivity contribution < 1.29 is 18.4 Å². The summed E-state index contributed by atoms with van der Waals surface area (Å²) < 4.78 is 29.5. The summed E-state index contributed by atoms with van der Waals surface area (Å²) in [5, 5.41) is 10.5. The summed E-state index contributed by atoms with van der Waals surface area (Å²) in [6.07, 6.45) is 7.38. The van der Waals surface area contributed by atoms with E-state index >= 15 is 0 Å². The van der Waals surface area contributed by atoms with Crippen LogP contribution < -0.4 is 0 Å². The molecule has 6 nitrogen and oxygen atoms in total. The molecule has 1 aromatic carbocycles. The Kier molecular flexibility index (Phi) is 5.81. The number of fused-ring (bicyclic) bond motifs is 1. The summed E-state index contributed by atoms with van der Waals surface area (Å²) in [4.78, 5) is 23.1. The van der Waals surface area contributed by atoms with Crippen molar-refractivity contribution >= 4 is 16.9 Å². The Morgan fingerprint density at radius 2 is 1.88 bits per heavy atom. The van der Waals surface area contributed by atoms with Crippen molar-refractivity contribution in [2.24, 2.45) is 11.8 Å². The van der Waals surface area contributed by atoms with Gasteiger partial charge in [-0.25, -0.2) is 13.8 Å². The van der Waals surface area contributed by atoms with E-state index in [1.165, 1.54) is 17.2 Å². The lowest BCUT2D eigenvalue weighted by atomic mass is 9.81. The number of hydrogen-bond donors (Lipinski definition) is 0. The van der Waals surface area contributed by atoms with Crippen molar-refractivity contribution in [2.75, 3.05) is 6.61 Å². The van der Waals surface area contributed by atoms with Crippen LogP contribution in [0.5, 0.6) is 0 Å². The third-order valence-corrected chi connectivity index (χ3v) is 6.79. The SMILES string of the molecule is N#Cc1cnc2ccn(CC3CCC(C(=O)N4OCC[C@H]4c4cc(F)cc(F)c4)CC3)c2c1. The molecule has 8 heteroatoms. The van der Waals surface area contributed by atoms with Gasteiger partial charge in [-0.15, -0.1) is 0 Å². The zero-order valence-electron chi connectivity index (χ0n) is 18.1. The number of nitriles is 1. The molecule has 1 amide bonds. The van der Waals surface area contributed by atoms with Gasteiger partial charge in [-0.05, 0) is 61.4 Å². The summed E-state index contributed by atoms with van der Waals surface area (Å²) in [5.74, 6) is -1.15. The number of nitrogens with zero attached hydrogens (tertiary/aromatic N) is 4. The van der Waals surface area contributed by atoms with E-state index in [0.29, 0.717) is 30.1 Å². The molecular weight excluding hydrogens is 426 g/mol. The van der Waals surface area contributed by atoms with Gasteiger partial charge < -0.3 is 4.57 Å². The molecule has 1 atom stereocenters. The summed E-state index contributed by atoms with van der Waals surface area (Å²) in [6.45, 7) is 1.16. The maximum atomic E-state index is 13.7. The summed E-state index contributed by atoms with van der Waals surface area (Å²) >= 11 is 0. The van der Waals surface area contributed by atoms with Gasteiger partial charge >= 0.3 is 0 Å². The molecule has 0 radical (unpaired) electrons. The molecule has 0 spiro atoms. The maximum Gasteiger partial charge on any atom is 0.249 e. The van der Waals surface area contributed by atoms with Gasteiger partial charge in [0.1, 0.15) is 17.7 Å². The smallest absolute Gasteiger partial charge is 0.249 e. The number of pyridine rings is 1. The first kappa shape index (κ1) is 21.5. The number of aromatic nitrogens is 2. The summed E-state index contributed by atoms with van der Waals surface area (Å²) in [6, 6.07) is 8.85. The van der Waals surface area contributed by atoms with Crippen LogP contribution in [0.1, 0.15) is 49.3 Å². The summed E-state index contributed by atoms with van der Waals surface area (Å²) in [7, 11) is 0. The molecule has 1 saturated carbocycles. The van der Waals surface area contributed by atoms with Gasteiger partial charge in [0.05, 0.1) is 29.2 Å². The molecule has 0 bridgehead atoms. The molecular formula is C25H24F2N4O2. The number of halogens is 2. The Hall–Kier alpha value is -3.31. The molecule has 3 aromatic rings. The highest BCUT2D eigenvalue weighted by atomic mass is 19.1. The van der Waals surface area contributed by atoms with Crippen LogP contribution in [0.2, 0.25) is 0 Å². The fourth-order valence-corrected chi connectivity index (χ4v) is 5.09. The Morgan fingerprint density at radius 1 is 1.12 bits per heavy atom. The van der Waals surface area contributed by atoms with E-state index in [-0.39, 0.29) is 11.8 Å². The summed E-state index contributed by atoms with van der Waals surface area (Å²) in [5.41, 5.74) is 2.78. The van der Waals surface area contributed by atoms with Gasteiger partial charge in [0.15, 0.2) is 0 Å². The molecule has 2 aromatic heterocycles. The van der Waals surface area contributed by atoms with Crippen molar-refractivity contribution in [2.45, 2.75) is 44.7 Å². The van der Waals surface area contributed by atoms with Crippen molar-refractivity contribution in [1.29, 1.82) is 5.26 Å². The third-order valence-electron chi connectivity index (χ3n) is 6.79. The van der Waals surface area contributed by atoms with Crippen molar-refractivity contribution in [3.05, 3.63) is 65.5 Å². The van der Waals surface area contributed by atoms with E-state index in [1.807, 2.05) is 18.3 Å². The number of hydroxylamine groups is 2. The lowest BCUT2D eigenvalue weighted by Crippen LogP contribution is -2.37. The second-order valence-corrected chi connectivity index (χ2v) is 8.93. The Balaban J connectivity index is 1.23. The molecule has 1 aliphatic heterocycles. The molecule has 1 aliphatic carbocycles. The van der Waals surface area contributed by atoms with Gasteiger partial charge in [0, 0.05) is 37.3 Å². The molecule has 2 fully saturated rings. The van der Waals surface area contributed by atoms with Gasteiger partial charge in [0.25, 0.3) is 0 Å². The standard InChI is InChI=1S/C25H24F2N4O2/c26-20-10-19(11-21(27)12-20)23-6-8-33-31(23)25(32)18-3-1-16(2-4-18)15-30-7-5-22-24(30)9-17(13-28)14-29-22/h5,7,9-12,14,16,18,23H,1-4,6,8,15H2/t16?,18?,23-/m0/s1. The molecule has 0 N–H and O–H groups in total. The minimum atomic E-state index is -0.653. The number of carbonyl (C=O) groups is 1. The minimum absolute atomic E-state index is 0.102. The lowest BCUT2D eigenvalue weighted by molar-refractivity contribution is -0.183. The van der Waals surface area contributed by atoms with Gasteiger partial charge in [-0.2, -0.15) is 5.26 Å². The first-order chi connectivity index (χ1) is 16.0. The highest BCUT2D eigenvalue weighted by molar-refractivity contribution is 5.79. The highest BCUT2D eigenvalue weighted by Crippen LogP contribution is 2.37. The molecule has 2 aliphatic rings. The lowest BCUT2D eigenvalue weighted by Gasteiger charge is -2.32. The van der Waals surface area contributed by atoms with E-state index in [0.717, 1.165) is 49.3 Å². The van der Waals surface area contributed by atoms with Crippen molar-refractivity contribution in [3.8, 4) is 6.07 Å².